The van der Waals surface area contributed by atoms with Gasteiger partial charge in [0.05, 0.1) is 36.6 Å². The smallest absolute Gasteiger partial charge is 0.223 e. The highest BCUT2D eigenvalue weighted by molar-refractivity contribution is 7.07. The van der Waals surface area contributed by atoms with E-state index >= 15 is 0 Å². The number of thiazole rings is 1. The summed E-state index contributed by atoms with van der Waals surface area (Å²) in [6, 6.07) is -0.210. The zero-order valence-corrected chi connectivity index (χ0v) is 10.5. The fraction of sp³-hybridized carbons (Fsp3) is 0.636. The van der Waals surface area contributed by atoms with E-state index in [0.717, 1.165) is 5.69 Å². The Morgan fingerprint density at radius 1 is 1.71 bits per heavy atom. The molecule has 0 bridgehead atoms. The third-order valence-electron chi connectivity index (χ3n) is 2.99. The first-order chi connectivity index (χ1) is 8.18. The molecule has 2 heterocycles. The van der Waals surface area contributed by atoms with Crippen LogP contribution in [0.3, 0.4) is 0 Å². The Morgan fingerprint density at radius 3 is 3.12 bits per heavy atom. The summed E-state index contributed by atoms with van der Waals surface area (Å²) in [5.74, 6) is 0.0209. The number of aromatic nitrogens is 1. The molecule has 0 spiro atoms. The number of rotatable bonds is 4. The average molecular weight is 256 g/mol. The van der Waals surface area contributed by atoms with E-state index in [9.17, 15) is 9.90 Å². The zero-order valence-electron chi connectivity index (χ0n) is 9.70. The monoisotopic (exact) mass is 256 g/mol. The molecule has 94 valence electrons. The van der Waals surface area contributed by atoms with E-state index in [-0.39, 0.29) is 11.9 Å². The largest absolute Gasteiger partial charge is 0.388 e. The zero-order chi connectivity index (χ0) is 12.3. The van der Waals surface area contributed by atoms with Crippen molar-refractivity contribution in [2.24, 2.45) is 0 Å². The summed E-state index contributed by atoms with van der Waals surface area (Å²) >= 11 is 1.53. The lowest BCUT2D eigenvalue weighted by Crippen LogP contribution is -2.44. The Kier molecular flexibility index (Phi) is 4.09. The minimum absolute atomic E-state index is 0.0209. The highest BCUT2D eigenvalue weighted by atomic mass is 32.1. The van der Waals surface area contributed by atoms with E-state index in [1.54, 1.807) is 17.5 Å². The number of nitrogens with zero attached hydrogens (tertiary/aromatic N) is 2. The van der Waals surface area contributed by atoms with Crippen LogP contribution >= 0.6 is 11.3 Å². The number of aryl methyl sites for hydroxylation is 1. The maximum absolute atomic E-state index is 11.9. The number of carbonyl (C=O) groups is 1. The molecule has 1 fully saturated rings. The molecule has 0 saturated carbocycles. The Bertz CT molecular complexity index is 369. The molecule has 2 rings (SSSR count). The molecule has 1 saturated heterocycles. The number of likely N-dealkylation sites (N-methyl/N-ethyl adjacent to an activating group) is 1. The van der Waals surface area contributed by atoms with Crippen LogP contribution in [-0.4, -0.2) is 53.3 Å². The Labute approximate surface area is 104 Å². The molecular formula is C11H16N2O3S. The van der Waals surface area contributed by atoms with Crippen molar-refractivity contribution in [3.8, 4) is 0 Å². The van der Waals surface area contributed by atoms with Crippen molar-refractivity contribution in [3.05, 3.63) is 16.6 Å². The van der Waals surface area contributed by atoms with E-state index < -0.39 is 6.10 Å². The summed E-state index contributed by atoms with van der Waals surface area (Å²) in [5.41, 5.74) is 2.71. The molecule has 5 nitrogen and oxygen atoms in total. The van der Waals surface area contributed by atoms with Crippen molar-refractivity contribution < 1.29 is 14.6 Å². The van der Waals surface area contributed by atoms with Gasteiger partial charge in [0.1, 0.15) is 0 Å². The van der Waals surface area contributed by atoms with Crippen LogP contribution in [0.25, 0.3) is 0 Å². The number of ether oxygens (including phenoxy) is 1. The third kappa shape index (κ3) is 3.02. The van der Waals surface area contributed by atoms with Crippen LogP contribution in [0.5, 0.6) is 0 Å². The van der Waals surface area contributed by atoms with Crippen LogP contribution in [0.15, 0.2) is 10.9 Å². The second-order valence-electron chi connectivity index (χ2n) is 4.16. The van der Waals surface area contributed by atoms with Crippen molar-refractivity contribution in [2.45, 2.75) is 25.0 Å². The van der Waals surface area contributed by atoms with Crippen molar-refractivity contribution in [2.75, 3.05) is 20.3 Å². The maximum Gasteiger partial charge on any atom is 0.223 e. The molecular weight excluding hydrogens is 240 g/mol. The molecule has 1 aromatic rings. The van der Waals surface area contributed by atoms with Gasteiger partial charge in [-0.2, -0.15) is 0 Å². The molecule has 1 amide bonds. The molecule has 6 heteroatoms. The number of hydrogen-bond donors (Lipinski definition) is 1. The molecule has 0 radical (unpaired) electrons. The van der Waals surface area contributed by atoms with Crippen LogP contribution in [0.4, 0.5) is 0 Å². The van der Waals surface area contributed by atoms with Gasteiger partial charge in [-0.05, 0) is 6.42 Å². The highest BCUT2D eigenvalue weighted by Crippen LogP contribution is 2.13. The van der Waals surface area contributed by atoms with Gasteiger partial charge >= 0.3 is 0 Å². The minimum Gasteiger partial charge on any atom is -0.388 e. The minimum atomic E-state index is -0.566. The van der Waals surface area contributed by atoms with Gasteiger partial charge in [-0.1, -0.05) is 0 Å². The molecule has 1 aromatic heterocycles. The number of aliphatic hydroxyl groups is 1. The Balaban J connectivity index is 1.83. The first kappa shape index (κ1) is 12.5. The van der Waals surface area contributed by atoms with Crippen molar-refractivity contribution in [1.29, 1.82) is 0 Å². The summed E-state index contributed by atoms with van der Waals surface area (Å²) in [5, 5.41) is 11.6. The van der Waals surface area contributed by atoms with Crippen LogP contribution < -0.4 is 0 Å². The number of hydrogen-bond acceptors (Lipinski definition) is 5. The topological polar surface area (TPSA) is 62.7 Å². The normalized spacial score (nSPS) is 23.9. The van der Waals surface area contributed by atoms with Gasteiger partial charge in [-0.15, -0.1) is 11.3 Å². The van der Waals surface area contributed by atoms with Crippen molar-refractivity contribution in [3.63, 3.8) is 0 Å². The van der Waals surface area contributed by atoms with Gasteiger partial charge < -0.3 is 14.7 Å². The molecule has 0 aromatic carbocycles. The van der Waals surface area contributed by atoms with Crippen LogP contribution in [0, 0.1) is 0 Å². The summed E-state index contributed by atoms with van der Waals surface area (Å²) in [7, 11) is 1.71. The summed E-state index contributed by atoms with van der Waals surface area (Å²) in [6.07, 6.45) is 0.503. The Morgan fingerprint density at radius 2 is 2.53 bits per heavy atom. The van der Waals surface area contributed by atoms with E-state index in [0.29, 0.717) is 26.1 Å². The molecule has 0 aliphatic carbocycles. The molecule has 1 aliphatic rings. The van der Waals surface area contributed by atoms with Gasteiger partial charge in [-0.25, -0.2) is 4.98 Å². The second-order valence-corrected chi connectivity index (χ2v) is 4.88. The van der Waals surface area contributed by atoms with Crippen molar-refractivity contribution >= 4 is 17.2 Å². The molecule has 0 unspecified atom stereocenters. The molecule has 2 atom stereocenters. The lowest BCUT2D eigenvalue weighted by molar-refractivity contribution is -0.133. The average Bonchev–Trinajstić information content (AvgIpc) is 2.95. The van der Waals surface area contributed by atoms with Gasteiger partial charge in [0.2, 0.25) is 5.91 Å². The second kappa shape index (κ2) is 5.57. The molecule has 17 heavy (non-hydrogen) atoms. The fourth-order valence-electron chi connectivity index (χ4n) is 1.86. The number of carbonyl (C=O) groups excluding carboxylic acids is 1. The van der Waals surface area contributed by atoms with Crippen LogP contribution in [-0.2, 0) is 16.0 Å². The SMILES string of the molecule is CN(C(=O)CCc1cscn1)[C@@H]1COC[C@H]1O. The van der Waals surface area contributed by atoms with Gasteiger partial charge in [0, 0.05) is 18.8 Å². The van der Waals surface area contributed by atoms with Gasteiger partial charge in [0.25, 0.3) is 0 Å². The molecule has 1 aliphatic heterocycles. The standard InChI is InChI=1S/C11H16N2O3S/c1-13(9-4-16-5-10(9)14)11(15)3-2-8-6-17-7-12-8/h6-7,9-10,14H,2-5H2,1H3/t9-,10-/m1/s1. The summed E-state index contributed by atoms with van der Waals surface area (Å²) in [4.78, 5) is 17.6. The van der Waals surface area contributed by atoms with E-state index in [4.69, 9.17) is 4.74 Å². The van der Waals surface area contributed by atoms with E-state index in [2.05, 4.69) is 4.98 Å². The van der Waals surface area contributed by atoms with E-state index in [1.807, 2.05) is 5.38 Å². The number of aliphatic hydroxyl groups excluding tert-OH is 1. The lowest BCUT2D eigenvalue weighted by Gasteiger charge is -2.25. The van der Waals surface area contributed by atoms with Crippen LogP contribution in [0.2, 0.25) is 0 Å². The quantitative estimate of drug-likeness (QED) is 0.841. The summed E-state index contributed by atoms with van der Waals surface area (Å²) in [6.45, 7) is 0.731. The van der Waals surface area contributed by atoms with Crippen molar-refractivity contribution in [1.82, 2.24) is 9.88 Å². The predicted molar refractivity (Wildman–Crippen MR) is 63.8 cm³/mol. The first-order valence-corrected chi connectivity index (χ1v) is 6.51. The van der Waals surface area contributed by atoms with Crippen LogP contribution in [0.1, 0.15) is 12.1 Å². The molecule has 1 N–H and O–H groups in total. The van der Waals surface area contributed by atoms with E-state index in [1.165, 1.54) is 11.3 Å². The lowest BCUT2D eigenvalue weighted by atomic mass is 10.1. The maximum atomic E-state index is 11.9. The Hall–Kier alpha value is -0.980. The predicted octanol–water partition coefficient (Wildman–Crippen LogP) is 0.294. The highest BCUT2D eigenvalue weighted by Gasteiger charge is 2.31. The summed E-state index contributed by atoms with van der Waals surface area (Å²) < 4.78 is 5.14. The fourth-order valence-corrected chi connectivity index (χ4v) is 2.45. The van der Waals surface area contributed by atoms with Gasteiger partial charge in [0.15, 0.2) is 0 Å². The number of amides is 1. The van der Waals surface area contributed by atoms with Gasteiger partial charge in [-0.3, -0.25) is 4.79 Å². The first-order valence-electron chi connectivity index (χ1n) is 5.57. The third-order valence-corrected chi connectivity index (χ3v) is 3.63.